The van der Waals surface area contributed by atoms with Gasteiger partial charge in [-0.25, -0.2) is 8.42 Å². The first-order valence-corrected chi connectivity index (χ1v) is 9.65. The lowest BCUT2D eigenvalue weighted by Crippen LogP contribution is -2.27. The third-order valence-corrected chi connectivity index (χ3v) is 5.11. The fraction of sp³-hybridized carbons (Fsp3) is 0.316. The monoisotopic (exact) mass is 360 g/mol. The van der Waals surface area contributed by atoms with Gasteiger partial charge < -0.3 is 5.32 Å². The number of nitrogens with one attached hydrogen (secondary N) is 2. The molecule has 0 fully saturated rings. The van der Waals surface area contributed by atoms with E-state index in [1.165, 1.54) is 24.3 Å². The zero-order valence-electron chi connectivity index (χ0n) is 15.0. The van der Waals surface area contributed by atoms with Crippen molar-refractivity contribution in [3.63, 3.8) is 0 Å². The van der Waals surface area contributed by atoms with Gasteiger partial charge in [0.15, 0.2) is 0 Å². The minimum atomic E-state index is -3.70. The Morgan fingerprint density at radius 2 is 1.68 bits per heavy atom. The number of rotatable bonds is 6. The van der Waals surface area contributed by atoms with Crippen molar-refractivity contribution >= 4 is 21.6 Å². The molecule has 1 amide bonds. The molecule has 6 heteroatoms. The molecule has 0 unspecified atom stereocenters. The van der Waals surface area contributed by atoms with Crippen molar-refractivity contribution in [1.82, 2.24) is 5.32 Å². The fourth-order valence-corrected chi connectivity index (χ4v) is 3.45. The van der Waals surface area contributed by atoms with Crippen LogP contribution in [0.4, 0.5) is 5.69 Å². The largest absolute Gasteiger partial charge is 0.352 e. The van der Waals surface area contributed by atoms with Crippen LogP contribution in [0, 0.1) is 19.8 Å². The first kappa shape index (κ1) is 19.0. The molecule has 0 aliphatic heterocycles. The number of carbonyl (C=O) groups excluding carboxylic acids is 1. The second-order valence-corrected chi connectivity index (χ2v) is 8.23. The number of hydrogen-bond donors (Lipinski definition) is 2. The van der Waals surface area contributed by atoms with Gasteiger partial charge in [-0.2, -0.15) is 0 Å². The van der Waals surface area contributed by atoms with E-state index in [4.69, 9.17) is 0 Å². The van der Waals surface area contributed by atoms with Crippen LogP contribution in [0.15, 0.2) is 47.4 Å². The van der Waals surface area contributed by atoms with Gasteiger partial charge >= 0.3 is 0 Å². The Balaban J connectivity index is 2.16. The summed E-state index contributed by atoms with van der Waals surface area (Å²) in [6, 6.07) is 11.4. The summed E-state index contributed by atoms with van der Waals surface area (Å²) in [7, 11) is -3.70. The van der Waals surface area contributed by atoms with Crippen LogP contribution in [0.2, 0.25) is 0 Å². The Hall–Kier alpha value is -2.34. The molecule has 0 atom stereocenters. The van der Waals surface area contributed by atoms with E-state index in [1.54, 1.807) is 6.07 Å². The molecule has 2 aromatic rings. The highest BCUT2D eigenvalue weighted by molar-refractivity contribution is 7.92. The van der Waals surface area contributed by atoms with Gasteiger partial charge in [0.1, 0.15) is 0 Å². The molecule has 134 valence electrons. The minimum Gasteiger partial charge on any atom is -0.352 e. The summed E-state index contributed by atoms with van der Waals surface area (Å²) in [5, 5.41) is 2.81. The average Bonchev–Trinajstić information content (AvgIpc) is 2.55. The number of hydrogen-bond acceptors (Lipinski definition) is 3. The Labute approximate surface area is 149 Å². The van der Waals surface area contributed by atoms with Crippen molar-refractivity contribution in [2.24, 2.45) is 5.92 Å². The Kier molecular flexibility index (Phi) is 5.85. The standard InChI is InChI=1S/C19H24N2O3S/c1-13(2)12-20-19(22)16-6-8-17(9-7-16)25(23,24)21-18-10-5-14(3)11-15(18)4/h5-11,13,21H,12H2,1-4H3,(H,20,22). The molecule has 2 rings (SSSR count). The van der Waals surface area contributed by atoms with E-state index in [1.807, 2.05) is 39.8 Å². The van der Waals surface area contributed by atoms with Crippen LogP contribution in [0.3, 0.4) is 0 Å². The van der Waals surface area contributed by atoms with Gasteiger partial charge in [-0.15, -0.1) is 0 Å². The van der Waals surface area contributed by atoms with Gasteiger partial charge in [0.2, 0.25) is 0 Å². The number of carbonyl (C=O) groups is 1. The molecular weight excluding hydrogens is 336 g/mol. The van der Waals surface area contributed by atoms with Crippen LogP contribution in [0.5, 0.6) is 0 Å². The second kappa shape index (κ2) is 7.70. The molecule has 0 radical (unpaired) electrons. The molecule has 0 bridgehead atoms. The maximum absolute atomic E-state index is 12.5. The van der Waals surface area contributed by atoms with Crippen molar-refractivity contribution in [3.8, 4) is 0 Å². The van der Waals surface area contributed by atoms with Gasteiger partial charge in [0, 0.05) is 12.1 Å². The molecule has 0 spiro atoms. The molecule has 0 saturated carbocycles. The van der Waals surface area contributed by atoms with Crippen molar-refractivity contribution in [1.29, 1.82) is 0 Å². The van der Waals surface area contributed by atoms with Gasteiger partial charge in [0.05, 0.1) is 10.6 Å². The smallest absolute Gasteiger partial charge is 0.261 e. The lowest BCUT2D eigenvalue weighted by atomic mass is 10.1. The summed E-state index contributed by atoms with van der Waals surface area (Å²) in [5.74, 6) is 0.144. The quantitative estimate of drug-likeness (QED) is 0.828. The van der Waals surface area contributed by atoms with Crippen LogP contribution >= 0.6 is 0 Å². The lowest BCUT2D eigenvalue weighted by molar-refractivity contribution is 0.0949. The van der Waals surface area contributed by atoms with Crippen molar-refractivity contribution in [3.05, 3.63) is 59.2 Å². The summed E-state index contributed by atoms with van der Waals surface area (Å²) < 4.78 is 27.6. The maximum atomic E-state index is 12.5. The summed E-state index contributed by atoms with van der Waals surface area (Å²) >= 11 is 0. The van der Waals surface area contributed by atoms with Crippen LogP contribution in [-0.4, -0.2) is 20.9 Å². The van der Waals surface area contributed by atoms with Crippen LogP contribution in [0.25, 0.3) is 0 Å². The summed E-state index contributed by atoms with van der Waals surface area (Å²) in [5.41, 5.74) is 2.90. The van der Waals surface area contributed by atoms with Gasteiger partial charge in [0.25, 0.3) is 15.9 Å². The zero-order valence-corrected chi connectivity index (χ0v) is 15.8. The van der Waals surface area contributed by atoms with Crippen molar-refractivity contribution in [2.45, 2.75) is 32.6 Å². The first-order chi connectivity index (χ1) is 11.7. The van der Waals surface area contributed by atoms with E-state index in [0.29, 0.717) is 23.7 Å². The Bertz CT molecular complexity index is 857. The molecule has 0 aromatic heterocycles. The molecule has 0 aliphatic carbocycles. The number of sulfonamides is 1. The minimum absolute atomic E-state index is 0.118. The zero-order chi connectivity index (χ0) is 18.6. The van der Waals surface area contributed by atoms with E-state index in [2.05, 4.69) is 10.0 Å². The molecule has 2 N–H and O–H groups in total. The summed E-state index contributed by atoms with van der Waals surface area (Å²) in [6.45, 7) is 8.40. The van der Waals surface area contributed by atoms with Crippen LogP contribution in [-0.2, 0) is 10.0 Å². The molecular formula is C19H24N2O3S. The average molecular weight is 360 g/mol. The van der Waals surface area contributed by atoms with Crippen LogP contribution in [0.1, 0.15) is 35.3 Å². The third-order valence-electron chi connectivity index (χ3n) is 3.72. The van der Waals surface area contributed by atoms with Crippen molar-refractivity contribution in [2.75, 3.05) is 11.3 Å². The normalized spacial score (nSPS) is 11.4. The lowest BCUT2D eigenvalue weighted by Gasteiger charge is -2.12. The highest BCUT2D eigenvalue weighted by atomic mass is 32.2. The number of anilines is 1. The van der Waals surface area contributed by atoms with E-state index >= 15 is 0 Å². The maximum Gasteiger partial charge on any atom is 0.261 e. The Morgan fingerprint density at radius 1 is 1.04 bits per heavy atom. The molecule has 5 nitrogen and oxygen atoms in total. The summed E-state index contributed by atoms with van der Waals surface area (Å²) in [6.07, 6.45) is 0. The van der Waals surface area contributed by atoms with Gasteiger partial charge in [-0.05, 0) is 55.7 Å². The predicted molar refractivity (Wildman–Crippen MR) is 100 cm³/mol. The van der Waals surface area contributed by atoms with Crippen LogP contribution < -0.4 is 10.0 Å². The Morgan fingerprint density at radius 3 is 2.24 bits per heavy atom. The van der Waals surface area contributed by atoms with Crippen molar-refractivity contribution < 1.29 is 13.2 Å². The number of benzene rings is 2. The molecule has 0 heterocycles. The predicted octanol–water partition coefficient (Wildman–Crippen LogP) is 3.49. The first-order valence-electron chi connectivity index (χ1n) is 8.17. The fourth-order valence-electron chi connectivity index (χ4n) is 2.32. The topological polar surface area (TPSA) is 75.3 Å². The highest BCUT2D eigenvalue weighted by Gasteiger charge is 2.16. The highest BCUT2D eigenvalue weighted by Crippen LogP contribution is 2.21. The van der Waals surface area contributed by atoms with E-state index in [-0.39, 0.29) is 10.8 Å². The number of amides is 1. The van der Waals surface area contributed by atoms with E-state index in [0.717, 1.165) is 11.1 Å². The van der Waals surface area contributed by atoms with Gasteiger partial charge in [-0.3, -0.25) is 9.52 Å². The van der Waals surface area contributed by atoms with E-state index < -0.39 is 10.0 Å². The molecule has 2 aromatic carbocycles. The SMILES string of the molecule is Cc1ccc(NS(=O)(=O)c2ccc(C(=O)NCC(C)C)cc2)c(C)c1. The molecule has 0 aliphatic rings. The van der Waals surface area contributed by atoms with E-state index in [9.17, 15) is 13.2 Å². The molecule has 25 heavy (non-hydrogen) atoms. The second-order valence-electron chi connectivity index (χ2n) is 6.55. The van der Waals surface area contributed by atoms with Gasteiger partial charge in [-0.1, -0.05) is 31.5 Å². The number of aryl methyl sites for hydroxylation is 2. The third kappa shape index (κ3) is 5.06. The summed E-state index contributed by atoms with van der Waals surface area (Å²) in [4.78, 5) is 12.1. The molecule has 0 saturated heterocycles.